The summed E-state index contributed by atoms with van der Waals surface area (Å²) in [4.78, 5) is 17.1. The predicted octanol–water partition coefficient (Wildman–Crippen LogP) is 5.61. The van der Waals surface area contributed by atoms with Gasteiger partial charge in [0.15, 0.2) is 0 Å². The van der Waals surface area contributed by atoms with E-state index in [1.54, 1.807) is 0 Å². The largest absolute Gasteiger partial charge is 0.306 e. The van der Waals surface area contributed by atoms with Crippen molar-refractivity contribution >= 4 is 28.7 Å². The summed E-state index contributed by atoms with van der Waals surface area (Å²) in [6, 6.07) is 18.8. The molecule has 5 rings (SSSR count). The van der Waals surface area contributed by atoms with Gasteiger partial charge in [-0.05, 0) is 84.7 Å². The molecular formula is C28H28ClFN2O. The minimum Gasteiger partial charge on any atom is -0.306 e. The summed E-state index contributed by atoms with van der Waals surface area (Å²) >= 11 is 6.42. The van der Waals surface area contributed by atoms with Gasteiger partial charge in [0, 0.05) is 23.5 Å². The molecule has 0 radical (unpaired) electrons. The number of piperidine rings is 1. The van der Waals surface area contributed by atoms with Gasteiger partial charge in [0.05, 0.1) is 6.04 Å². The van der Waals surface area contributed by atoms with Gasteiger partial charge in [0.2, 0.25) is 0 Å². The Balaban J connectivity index is 1.49. The van der Waals surface area contributed by atoms with Crippen molar-refractivity contribution in [3.05, 3.63) is 94.3 Å². The molecule has 0 bridgehead atoms. The number of benzene rings is 3. The second-order valence-corrected chi connectivity index (χ2v) is 9.78. The molecule has 1 unspecified atom stereocenters. The van der Waals surface area contributed by atoms with Gasteiger partial charge in [-0.15, -0.1) is 0 Å². The second kappa shape index (κ2) is 9.02. The molecule has 5 heteroatoms. The van der Waals surface area contributed by atoms with E-state index in [1.807, 2.05) is 36.4 Å². The second-order valence-electron chi connectivity index (χ2n) is 9.35. The lowest BCUT2D eigenvalue weighted by Gasteiger charge is -2.44. The zero-order chi connectivity index (χ0) is 23.0. The molecule has 2 aliphatic heterocycles. The fourth-order valence-corrected chi connectivity index (χ4v) is 5.91. The van der Waals surface area contributed by atoms with E-state index in [4.69, 9.17) is 11.6 Å². The molecule has 0 aromatic heterocycles. The van der Waals surface area contributed by atoms with Crippen molar-refractivity contribution in [2.75, 3.05) is 26.7 Å². The zero-order valence-electron chi connectivity index (χ0n) is 18.8. The Morgan fingerprint density at radius 3 is 2.55 bits per heavy atom. The Kier molecular flexibility index (Phi) is 6.09. The van der Waals surface area contributed by atoms with Crippen LogP contribution < -0.4 is 0 Å². The molecule has 1 saturated heterocycles. The number of likely N-dealkylation sites (tertiary alicyclic amines) is 1. The molecule has 1 atom stereocenters. The predicted molar refractivity (Wildman–Crippen MR) is 132 cm³/mol. The van der Waals surface area contributed by atoms with Crippen LogP contribution in [0.3, 0.4) is 0 Å². The van der Waals surface area contributed by atoms with E-state index >= 15 is 0 Å². The quantitative estimate of drug-likeness (QED) is 0.364. The zero-order valence-corrected chi connectivity index (χ0v) is 19.6. The fraction of sp³-hybridized carbons (Fsp3) is 0.321. The molecule has 33 heavy (non-hydrogen) atoms. The number of rotatable bonds is 5. The highest BCUT2D eigenvalue weighted by Crippen LogP contribution is 2.46. The number of aldehydes is 1. The number of halogens is 2. The summed E-state index contributed by atoms with van der Waals surface area (Å²) in [5.41, 5.74) is 3.13. The first-order valence-corrected chi connectivity index (χ1v) is 11.9. The van der Waals surface area contributed by atoms with Crippen LogP contribution in [0.2, 0.25) is 5.02 Å². The first kappa shape index (κ1) is 22.3. The van der Waals surface area contributed by atoms with E-state index in [-0.39, 0.29) is 17.3 Å². The summed E-state index contributed by atoms with van der Waals surface area (Å²) in [6.45, 7) is 3.24. The van der Waals surface area contributed by atoms with Crippen LogP contribution in [-0.2, 0) is 16.8 Å². The molecule has 3 aromatic carbocycles. The highest BCUT2D eigenvalue weighted by molar-refractivity contribution is 6.31. The van der Waals surface area contributed by atoms with E-state index in [0.29, 0.717) is 18.1 Å². The summed E-state index contributed by atoms with van der Waals surface area (Å²) in [5.74, 6) is -0.233. The first-order chi connectivity index (χ1) is 16.0. The van der Waals surface area contributed by atoms with Crippen LogP contribution in [0.4, 0.5) is 4.39 Å². The fourth-order valence-electron chi connectivity index (χ4n) is 5.66. The molecule has 0 N–H and O–H groups in total. The average molecular weight is 463 g/mol. The van der Waals surface area contributed by atoms with E-state index in [1.165, 1.54) is 12.1 Å². The maximum atomic E-state index is 13.7. The smallest absolute Gasteiger partial charge is 0.141 e. The van der Waals surface area contributed by atoms with E-state index in [2.05, 4.69) is 35.1 Å². The average Bonchev–Trinajstić information content (AvgIpc) is 3.23. The lowest BCUT2D eigenvalue weighted by Crippen LogP contribution is -2.46. The van der Waals surface area contributed by atoms with Crippen LogP contribution in [0, 0.1) is 5.82 Å². The maximum absolute atomic E-state index is 13.7. The Labute approximate surface area is 199 Å². The standard InChI is InChI=1S/C28H28ClFN2O/c1-31-14-11-28(12-15-31,22-6-8-24(30)9-7-22)26-10-13-32(27(26)19-33)18-21-17-23(29)16-20-4-2-3-5-25(20)21/h2-10,16-17,19,27H,11-15,18H2,1H3. The summed E-state index contributed by atoms with van der Waals surface area (Å²) in [6.07, 6.45) is 5.15. The number of nitrogens with zero attached hydrogens (tertiary/aromatic N) is 2. The van der Waals surface area contributed by atoms with Gasteiger partial charge in [-0.1, -0.05) is 54.1 Å². The molecular weight excluding hydrogens is 435 g/mol. The number of fused-ring (bicyclic) bond motifs is 1. The lowest BCUT2D eigenvalue weighted by atomic mass is 9.66. The van der Waals surface area contributed by atoms with Gasteiger partial charge < -0.3 is 9.69 Å². The van der Waals surface area contributed by atoms with Crippen molar-refractivity contribution in [2.24, 2.45) is 0 Å². The van der Waals surface area contributed by atoms with Gasteiger partial charge in [-0.25, -0.2) is 4.39 Å². The Hall–Kier alpha value is -2.53. The van der Waals surface area contributed by atoms with Crippen LogP contribution in [0.5, 0.6) is 0 Å². The topological polar surface area (TPSA) is 23.6 Å². The minimum atomic E-state index is -0.309. The Bertz CT molecular complexity index is 1200. The van der Waals surface area contributed by atoms with Gasteiger partial charge in [-0.3, -0.25) is 4.90 Å². The maximum Gasteiger partial charge on any atom is 0.141 e. The van der Waals surface area contributed by atoms with E-state index in [9.17, 15) is 9.18 Å². The third-order valence-electron chi connectivity index (χ3n) is 7.46. The molecule has 3 nitrogen and oxygen atoms in total. The monoisotopic (exact) mass is 462 g/mol. The lowest BCUT2D eigenvalue weighted by molar-refractivity contribution is -0.111. The van der Waals surface area contributed by atoms with Crippen LogP contribution in [0.15, 0.2) is 72.3 Å². The molecule has 0 spiro atoms. The Morgan fingerprint density at radius 1 is 1.09 bits per heavy atom. The van der Waals surface area contributed by atoms with Crippen molar-refractivity contribution in [2.45, 2.75) is 30.8 Å². The molecule has 170 valence electrons. The molecule has 3 aromatic rings. The normalized spacial score (nSPS) is 21.3. The van der Waals surface area contributed by atoms with E-state index < -0.39 is 0 Å². The summed E-state index contributed by atoms with van der Waals surface area (Å²) < 4.78 is 13.7. The van der Waals surface area contributed by atoms with Gasteiger partial charge >= 0.3 is 0 Å². The number of hydrogen-bond acceptors (Lipinski definition) is 3. The number of carbonyl (C=O) groups is 1. The van der Waals surface area contributed by atoms with Crippen molar-refractivity contribution in [3.63, 3.8) is 0 Å². The van der Waals surface area contributed by atoms with Crippen LogP contribution in [0.25, 0.3) is 10.8 Å². The van der Waals surface area contributed by atoms with Crippen molar-refractivity contribution in [1.29, 1.82) is 0 Å². The molecule has 2 aliphatic rings. The van der Waals surface area contributed by atoms with Crippen LogP contribution in [-0.4, -0.2) is 48.8 Å². The first-order valence-electron chi connectivity index (χ1n) is 11.5. The summed E-state index contributed by atoms with van der Waals surface area (Å²) in [5, 5.41) is 2.97. The minimum absolute atomic E-state index is 0.233. The number of hydrogen-bond donors (Lipinski definition) is 0. The van der Waals surface area contributed by atoms with Crippen LogP contribution in [0.1, 0.15) is 24.0 Å². The number of carbonyl (C=O) groups excluding carboxylic acids is 1. The SMILES string of the molecule is CN1CCC(C2=CCN(Cc3cc(Cl)cc4ccccc34)C2C=O)(c2ccc(F)cc2)CC1. The van der Waals surface area contributed by atoms with Gasteiger partial charge in [0.1, 0.15) is 12.1 Å². The molecule has 0 aliphatic carbocycles. The molecule has 0 saturated carbocycles. The molecule has 1 fully saturated rings. The highest BCUT2D eigenvalue weighted by Gasteiger charge is 2.45. The Morgan fingerprint density at radius 2 is 1.82 bits per heavy atom. The summed E-state index contributed by atoms with van der Waals surface area (Å²) in [7, 11) is 2.13. The third kappa shape index (κ3) is 4.12. The van der Waals surface area contributed by atoms with Crippen molar-refractivity contribution in [1.82, 2.24) is 9.80 Å². The van der Waals surface area contributed by atoms with Crippen molar-refractivity contribution < 1.29 is 9.18 Å². The van der Waals surface area contributed by atoms with Crippen LogP contribution >= 0.6 is 11.6 Å². The molecule has 2 heterocycles. The third-order valence-corrected chi connectivity index (χ3v) is 7.68. The highest BCUT2D eigenvalue weighted by atomic mass is 35.5. The molecule has 0 amide bonds. The van der Waals surface area contributed by atoms with Gasteiger partial charge in [0.25, 0.3) is 0 Å². The van der Waals surface area contributed by atoms with Gasteiger partial charge in [-0.2, -0.15) is 0 Å². The van der Waals surface area contributed by atoms with Crippen molar-refractivity contribution in [3.8, 4) is 0 Å². The van der Waals surface area contributed by atoms with E-state index in [0.717, 1.165) is 59.7 Å².